The Morgan fingerprint density at radius 1 is 1.05 bits per heavy atom. The Morgan fingerprint density at radius 2 is 1.86 bits per heavy atom. The van der Waals surface area contributed by atoms with Crippen molar-refractivity contribution in [1.82, 2.24) is 15.3 Å². The van der Waals surface area contributed by atoms with Gasteiger partial charge in [-0.3, -0.25) is 4.98 Å². The highest BCUT2D eigenvalue weighted by Crippen LogP contribution is 2.22. The molecule has 0 aromatic carbocycles. The Balaban J connectivity index is 1.69. The molecule has 2 aromatic heterocycles. The standard InChI is InChI=1S/C16H21N5/c1-17-12-14-13-18-7-5-15(14)20-8-10-21(11-9-20)16-4-2-3-6-19-16/h2-7,13,17H,8-12H2,1H3. The van der Waals surface area contributed by atoms with Crippen molar-refractivity contribution in [3.05, 3.63) is 48.4 Å². The summed E-state index contributed by atoms with van der Waals surface area (Å²) in [5.74, 6) is 1.07. The second-order valence-electron chi connectivity index (χ2n) is 5.20. The van der Waals surface area contributed by atoms with E-state index in [1.165, 1.54) is 11.3 Å². The first kappa shape index (κ1) is 13.8. The van der Waals surface area contributed by atoms with Crippen LogP contribution in [0.25, 0.3) is 0 Å². The Labute approximate surface area is 125 Å². The van der Waals surface area contributed by atoms with Gasteiger partial charge in [0, 0.05) is 62.6 Å². The number of hydrogen-bond donors (Lipinski definition) is 1. The van der Waals surface area contributed by atoms with Gasteiger partial charge in [-0.15, -0.1) is 0 Å². The second kappa shape index (κ2) is 6.54. The molecule has 0 spiro atoms. The molecule has 1 N–H and O–H groups in total. The van der Waals surface area contributed by atoms with Crippen molar-refractivity contribution in [1.29, 1.82) is 0 Å². The molecule has 21 heavy (non-hydrogen) atoms. The lowest BCUT2D eigenvalue weighted by molar-refractivity contribution is 0.643. The van der Waals surface area contributed by atoms with E-state index in [1.807, 2.05) is 37.8 Å². The van der Waals surface area contributed by atoms with Crippen LogP contribution in [0.15, 0.2) is 42.9 Å². The average Bonchev–Trinajstić information content (AvgIpc) is 2.57. The fraction of sp³-hybridized carbons (Fsp3) is 0.375. The molecular weight excluding hydrogens is 262 g/mol. The molecule has 0 unspecified atom stereocenters. The van der Waals surface area contributed by atoms with E-state index in [9.17, 15) is 0 Å². The van der Waals surface area contributed by atoms with Crippen LogP contribution in [0, 0.1) is 0 Å². The lowest BCUT2D eigenvalue weighted by Gasteiger charge is -2.37. The first-order valence-electron chi connectivity index (χ1n) is 7.37. The highest BCUT2D eigenvalue weighted by molar-refractivity contribution is 5.54. The van der Waals surface area contributed by atoms with E-state index in [-0.39, 0.29) is 0 Å². The molecule has 1 fully saturated rings. The predicted molar refractivity (Wildman–Crippen MR) is 85.7 cm³/mol. The number of pyridine rings is 2. The van der Waals surface area contributed by atoms with Crippen molar-refractivity contribution in [2.45, 2.75) is 6.54 Å². The zero-order valence-electron chi connectivity index (χ0n) is 12.4. The molecule has 3 rings (SSSR count). The van der Waals surface area contributed by atoms with Gasteiger partial charge in [0.15, 0.2) is 0 Å². The van der Waals surface area contributed by atoms with E-state index < -0.39 is 0 Å². The molecule has 5 nitrogen and oxygen atoms in total. The van der Waals surface area contributed by atoms with Crippen LogP contribution >= 0.6 is 0 Å². The van der Waals surface area contributed by atoms with Gasteiger partial charge in [0.2, 0.25) is 0 Å². The third-order valence-electron chi connectivity index (χ3n) is 3.84. The molecule has 5 heteroatoms. The van der Waals surface area contributed by atoms with Crippen LogP contribution in [0.4, 0.5) is 11.5 Å². The molecule has 0 saturated carbocycles. The van der Waals surface area contributed by atoms with Crippen molar-refractivity contribution >= 4 is 11.5 Å². The summed E-state index contributed by atoms with van der Waals surface area (Å²) in [5.41, 5.74) is 2.55. The van der Waals surface area contributed by atoms with Gasteiger partial charge in [-0.25, -0.2) is 4.98 Å². The van der Waals surface area contributed by atoms with Crippen molar-refractivity contribution in [2.24, 2.45) is 0 Å². The normalized spacial score (nSPS) is 15.3. The minimum Gasteiger partial charge on any atom is -0.368 e. The maximum atomic E-state index is 4.43. The summed E-state index contributed by atoms with van der Waals surface area (Å²) in [6.45, 7) is 4.87. The molecule has 1 aliphatic rings. The summed E-state index contributed by atoms with van der Waals surface area (Å²) in [7, 11) is 1.97. The number of anilines is 2. The van der Waals surface area contributed by atoms with Gasteiger partial charge in [0.05, 0.1) is 0 Å². The maximum absolute atomic E-state index is 4.43. The zero-order chi connectivity index (χ0) is 14.5. The predicted octanol–water partition coefficient (Wildman–Crippen LogP) is 1.52. The number of piperazine rings is 1. The lowest BCUT2D eigenvalue weighted by atomic mass is 10.2. The van der Waals surface area contributed by atoms with Crippen molar-refractivity contribution < 1.29 is 0 Å². The summed E-state index contributed by atoms with van der Waals surface area (Å²) in [4.78, 5) is 13.4. The molecule has 0 amide bonds. The summed E-state index contributed by atoms with van der Waals surface area (Å²) in [6.07, 6.45) is 5.69. The molecule has 1 aliphatic heterocycles. The number of nitrogens with zero attached hydrogens (tertiary/aromatic N) is 4. The molecular formula is C16H21N5. The van der Waals surface area contributed by atoms with Crippen molar-refractivity contribution in [2.75, 3.05) is 43.0 Å². The van der Waals surface area contributed by atoms with E-state index in [2.05, 4.69) is 37.2 Å². The third kappa shape index (κ3) is 3.13. The molecule has 0 radical (unpaired) electrons. The summed E-state index contributed by atoms with van der Waals surface area (Å²) < 4.78 is 0. The Hall–Kier alpha value is -2.14. The monoisotopic (exact) mass is 283 g/mol. The van der Waals surface area contributed by atoms with E-state index >= 15 is 0 Å². The van der Waals surface area contributed by atoms with Gasteiger partial charge in [-0.2, -0.15) is 0 Å². The third-order valence-corrected chi connectivity index (χ3v) is 3.84. The van der Waals surface area contributed by atoms with E-state index in [0.717, 1.165) is 38.5 Å². The number of aromatic nitrogens is 2. The van der Waals surface area contributed by atoms with Gasteiger partial charge in [0.25, 0.3) is 0 Å². The smallest absolute Gasteiger partial charge is 0.128 e. The minimum absolute atomic E-state index is 0.851. The first-order chi connectivity index (χ1) is 10.4. The highest BCUT2D eigenvalue weighted by Gasteiger charge is 2.19. The SMILES string of the molecule is CNCc1cnccc1N1CCN(c2ccccn2)CC1. The largest absolute Gasteiger partial charge is 0.368 e. The zero-order valence-corrected chi connectivity index (χ0v) is 12.4. The Bertz CT molecular complexity index is 564. The topological polar surface area (TPSA) is 44.3 Å². The van der Waals surface area contributed by atoms with E-state index in [1.54, 1.807) is 0 Å². The maximum Gasteiger partial charge on any atom is 0.128 e. The molecule has 110 valence electrons. The highest BCUT2D eigenvalue weighted by atomic mass is 15.3. The van der Waals surface area contributed by atoms with Crippen LogP contribution in [0.2, 0.25) is 0 Å². The van der Waals surface area contributed by atoms with Crippen LogP contribution in [0.5, 0.6) is 0 Å². The molecule has 1 saturated heterocycles. The average molecular weight is 283 g/mol. The van der Waals surface area contributed by atoms with E-state index in [4.69, 9.17) is 0 Å². The van der Waals surface area contributed by atoms with Gasteiger partial charge < -0.3 is 15.1 Å². The molecule has 0 atom stereocenters. The number of rotatable bonds is 4. The summed E-state index contributed by atoms with van der Waals surface area (Å²) in [5, 5.41) is 3.21. The van der Waals surface area contributed by atoms with Crippen LogP contribution in [-0.2, 0) is 6.54 Å². The van der Waals surface area contributed by atoms with Crippen molar-refractivity contribution in [3.8, 4) is 0 Å². The van der Waals surface area contributed by atoms with Crippen LogP contribution in [0.3, 0.4) is 0 Å². The summed E-state index contributed by atoms with van der Waals surface area (Å²) in [6, 6.07) is 8.20. The minimum atomic E-state index is 0.851. The second-order valence-corrected chi connectivity index (χ2v) is 5.20. The first-order valence-corrected chi connectivity index (χ1v) is 7.37. The van der Waals surface area contributed by atoms with Crippen LogP contribution < -0.4 is 15.1 Å². The van der Waals surface area contributed by atoms with Crippen molar-refractivity contribution in [3.63, 3.8) is 0 Å². The quantitative estimate of drug-likeness (QED) is 0.922. The fourth-order valence-electron chi connectivity index (χ4n) is 2.77. The molecule has 0 aliphatic carbocycles. The van der Waals surface area contributed by atoms with Crippen LogP contribution in [-0.4, -0.2) is 43.2 Å². The molecule has 0 bridgehead atoms. The number of nitrogens with one attached hydrogen (secondary N) is 1. The van der Waals surface area contributed by atoms with Gasteiger partial charge in [0.1, 0.15) is 5.82 Å². The van der Waals surface area contributed by atoms with E-state index in [0.29, 0.717) is 0 Å². The van der Waals surface area contributed by atoms with Crippen LogP contribution in [0.1, 0.15) is 5.56 Å². The van der Waals surface area contributed by atoms with Gasteiger partial charge in [-0.05, 0) is 25.2 Å². The Kier molecular flexibility index (Phi) is 4.31. The molecule has 3 heterocycles. The number of hydrogen-bond acceptors (Lipinski definition) is 5. The Morgan fingerprint density at radius 3 is 2.57 bits per heavy atom. The van der Waals surface area contributed by atoms with Gasteiger partial charge >= 0.3 is 0 Å². The summed E-state index contributed by atoms with van der Waals surface area (Å²) >= 11 is 0. The lowest BCUT2D eigenvalue weighted by Crippen LogP contribution is -2.47. The van der Waals surface area contributed by atoms with Gasteiger partial charge in [-0.1, -0.05) is 6.07 Å². The molecule has 2 aromatic rings. The fourth-order valence-corrected chi connectivity index (χ4v) is 2.77.